The Morgan fingerprint density at radius 1 is 0.964 bits per heavy atom. The van der Waals surface area contributed by atoms with Crippen LogP contribution >= 0.6 is 0 Å². The van der Waals surface area contributed by atoms with Crippen molar-refractivity contribution in [3.8, 4) is 0 Å². The van der Waals surface area contributed by atoms with Crippen LogP contribution in [0.3, 0.4) is 0 Å². The van der Waals surface area contributed by atoms with E-state index in [2.05, 4.69) is 4.74 Å². The molecule has 0 N–H and O–H groups in total. The molecule has 1 aromatic rings. The van der Waals surface area contributed by atoms with E-state index in [0.29, 0.717) is 12.8 Å². The summed E-state index contributed by atoms with van der Waals surface area (Å²) in [6.07, 6.45) is -3.49. The zero-order valence-electron chi connectivity index (χ0n) is 16.3. The number of carbonyl (C=O) groups is 3. The van der Waals surface area contributed by atoms with Gasteiger partial charge in [-0.3, -0.25) is 9.59 Å². The summed E-state index contributed by atoms with van der Waals surface area (Å²) in [6, 6.07) is 3.53. The van der Waals surface area contributed by atoms with Crippen LogP contribution in [0.4, 0.5) is 13.2 Å². The summed E-state index contributed by atoms with van der Waals surface area (Å²) in [4.78, 5) is 40.9. The molecule has 9 heteroatoms. The molecule has 0 radical (unpaired) electrons. The highest BCUT2D eigenvalue weighted by Gasteiger charge is 2.32. The maximum Gasteiger partial charge on any atom is 0.416 e. The molecule has 156 valence electrons. The predicted octanol–water partition coefficient (Wildman–Crippen LogP) is 4.14. The first-order valence-electron chi connectivity index (χ1n) is 8.65. The van der Waals surface area contributed by atoms with Crippen molar-refractivity contribution in [3.63, 3.8) is 0 Å². The largest absolute Gasteiger partial charge is 0.469 e. The number of ether oxygens (including phenoxy) is 1. The van der Waals surface area contributed by atoms with Gasteiger partial charge < -0.3 is 9.57 Å². The Hall–Kier alpha value is -2.58. The standard InChI is InChI=1S/C19H24F3NO5/c1-18(2,3)23(15(24)7-5-6-8-16(25)27-4)28-17(26)13-9-11-14(12-10-13)19(20,21)22/h9-12H,5-8H2,1-4H3. The number of halogens is 3. The second-order valence-corrected chi connectivity index (χ2v) is 7.10. The van der Waals surface area contributed by atoms with Crippen molar-refractivity contribution in [2.75, 3.05) is 7.11 Å². The summed E-state index contributed by atoms with van der Waals surface area (Å²) in [5, 5.41) is 0.908. The number of alkyl halides is 3. The van der Waals surface area contributed by atoms with Crippen molar-refractivity contribution in [1.29, 1.82) is 0 Å². The fourth-order valence-electron chi connectivity index (χ4n) is 2.24. The molecule has 0 bridgehead atoms. The topological polar surface area (TPSA) is 72.9 Å². The monoisotopic (exact) mass is 403 g/mol. The second-order valence-electron chi connectivity index (χ2n) is 7.10. The van der Waals surface area contributed by atoms with E-state index in [1.54, 1.807) is 20.8 Å². The highest BCUT2D eigenvalue weighted by molar-refractivity contribution is 5.90. The second kappa shape index (κ2) is 9.57. The van der Waals surface area contributed by atoms with Crippen molar-refractivity contribution in [1.82, 2.24) is 5.06 Å². The molecular weight excluding hydrogens is 379 g/mol. The summed E-state index contributed by atoms with van der Waals surface area (Å²) >= 11 is 0. The number of hydrogen-bond acceptors (Lipinski definition) is 5. The molecule has 0 saturated carbocycles. The molecule has 0 heterocycles. The molecule has 0 aromatic heterocycles. The minimum absolute atomic E-state index is 0.0363. The van der Waals surface area contributed by atoms with E-state index in [9.17, 15) is 27.6 Å². The summed E-state index contributed by atoms with van der Waals surface area (Å²) in [6.45, 7) is 4.96. The summed E-state index contributed by atoms with van der Waals surface area (Å²) in [5.41, 5.74) is -1.86. The zero-order valence-corrected chi connectivity index (χ0v) is 16.3. The number of nitrogens with zero attached hydrogens (tertiary/aromatic N) is 1. The molecule has 6 nitrogen and oxygen atoms in total. The van der Waals surface area contributed by atoms with Gasteiger partial charge in [0, 0.05) is 12.8 Å². The average molecular weight is 403 g/mol. The van der Waals surface area contributed by atoms with Crippen molar-refractivity contribution in [2.45, 2.75) is 58.2 Å². The first kappa shape index (κ1) is 23.5. The predicted molar refractivity (Wildman–Crippen MR) is 93.9 cm³/mol. The van der Waals surface area contributed by atoms with E-state index in [0.717, 1.165) is 29.3 Å². The summed E-state index contributed by atoms with van der Waals surface area (Å²) in [7, 11) is 1.27. The lowest BCUT2D eigenvalue weighted by molar-refractivity contribution is -0.188. The van der Waals surface area contributed by atoms with Gasteiger partial charge >= 0.3 is 18.1 Å². The van der Waals surface area contributed by atoms with Gasteiger partial charge in [-0.1, -0.05) is 0 Å². The lowest BCUT2D eigenvalue weighted by Gasteiger charge is -2.33. The Labute approximate surface area is 161 Å². The smallest absolute Gasteiger partial charge is 0.416 e. The van der Waals surface area contributed by atoms with E-state index in [-0.39, 0.29) is 24.4 Å². The molecule has 28 heavy (non-hydrogen) atoms. The van der Waals surface area contributed by atoms with Gasteiger partial charge in [0.15, 0.2) is 0 Å². The Bertz CT molecular complexity index is 693. The molecule has 0 fully saturated rings. The number of unbranched alkanes of at least 4 members (excludes halogenated alkanes) is 1. The number of benzene rings is 1. The van der Waals surface area contributed by atoms with E-state index in [1.165, 1.54) is 7.11 Å². The molecule has 0 saturated heterocycles. The van der Waals surface area contributed by atoms with Gasteiger partial charge in [0.2, 0.25) is 0 Å². The number of amides is 1. The fourth-order valence-corrected chi connectivity index (χ4v) is 2.24. The number of carbonyl (C=O) groups excluding carboxylic acids is 3. The van der Waals surface area contributed by atoms with Crippen LogP contribution in [0.2, 0.25) is 0 Å². The number of hydrogen-bond donors (Lipinski definition) is 0. The van der Waals surface area contributed by atoms with Crippen LogP contribution in [0.5, 0.6) is 0 Å². The molecule has 0 aliphatic heterocycles. The number of hydroxylamine groups is 2. The van der Waals surface area contributed by atoms with Crippen molar-refractivity contribution < 1.29 is 37.1 Å². The number of methoxy groups -OCH3 is 1. The maximum atomic E-state index is 12.6. The molecule has 1 aromatic carbocycles. The third kappa shape index (κ3) is 7.21. The van der Waals surface area contributed by atoms with Crippen LogP contribution < -0.4 is 0 Å². The third-order valence-electron chi connectivity index (χ3n) is 3.71. The van der Waals surface area contributed by atoms with Gasteiger partial charge in [0.05, 0.1) is 23.8 Å². The number of esters is 1. The van der Waals surface area contributed by atoms with Crippen molar-refractivity contribution in [2.24, 2.45) is 0 Å². The Morgan fingerprint density at radius 2 is 1.50 bits per heavy atom. The Balaban J connectivity index is 2.76. The average Bonchev–Trinajstić information content (AvgIpc) is 2.61. The van der Waals surface area contributed by atoms with Gasteiger partial charge in [-0.25, -0.2) is 4.79 Å². The lowest BCUT2D eigenvalue weighted by Crippen LogP contribution is -2.46. The van der Waals surface area contributed by atoms with Crippen LogP contribution in [0.25, 0.3) is 0 Å². The van der Waals surface area contributed by atoms with Crippen LogP contribution in [0.15, 0.2) is 24.3 Å². The van der Waals surface area contributed by atoms with E-state index in [4.69, 9.17) is 4.84 Å². The van der Waals surface area contributed by atoms with E-state index < -0.39 is 29.2 Å². The molecule has 0 atom stereocenters. The molecular formula is C19H24F3NO5. The van der Waals surface area contributed by atoms with E-state index >= 15 is 0 Å². The molecule has 1 amide bonds. The minimum atomic E-state index is -4.51. The summed E-state index contributed by atoms with van der Waals surface area (Å²) in [5.74, 6) is -1.79. The molecule has 0 unspecified atom stereocenters. The minimum Gasteiger partial charge on any atom is -0.469 e. The normalized spacial score (nSPS) is 11.7. The van der Waals surface area contributed by atoms with Crippen molar-refractivity contribution >= 4 is 17.8 Å². The van der Waals surface area contributed by atoms with Gasteiger partial charge in [0.25, 0.3) is 5.91 Å². The lowest BCUT2D eigenvalue weighted by atomic mass is 10.1. The fraction of sp³-hybridized carbons (Fsp3) is 0.526. The first-order chi connectivity index (χ1) is 12.9. The van der Waals surface area contributed by atoms with Gasteiger partial charge in [-0.05, 0) is 57.9 Å². The molecule has 0 aliphatic carbocycles. The SMILES string of the molecule is COC(=O)CCCCC(=O)N(OC(=O)c1ccc(C(F)(F)F)cc1)C(C)(C)C. The van der Waals surface area contributed by atoms with Crippen LogP contribution in [-0.2, 0) is 25.3 Å². The van der Waals surface area contributed by atoms with E-state index in [1.807, 2.05) is 0 Å². The molecule has 0 spiro atoms. The maximum absolute atomic E-state index is 12.6. The van der Waals surface area contributed by atoms with Crippen LogP contribution in [0.1, 0.15) is 62.4 Å². The Kier molecular flexibility index (Phi) is 8.01. The summed E-state index contributed by atoms with van der Waals surface area (Å²) < 4.78 is 42.4. The first-order valence-corrected chi connectivity index (χ1v) is 8.65. The Morgan fingerprint density at radius 3 is 1.96 bits per heavy atom. The quantitative estimate of drug-likeness (QED) is 0.406. The highest BCUT2D eigenvalue weighted by atomic mass is 19.4. The zero-order chi connectivity index (χ0) is 21.5. The van der Waals surface area contributed by atoms with Crippen LogP contribution in [0, 0.1) is 0 Å². The number of rotatable bonds is 6. The van der Waals surface area contributed by atoms with Gasteiger partial charge in [0.1, 0.15) is 0 Å². The molecule has 0 aliphatic rings. The van der Waals surface area contributed by atoms with Crippen molar-refractivity contribution in [3.05, 3.63) is 35.4 Å². The highest BCUT2D eigenvalue weighted by Crippen LogP contribution is 2.29. The van der Waals surface area contributed by atoms with Crippen LogP contribution in [-0.4, -0.2) is 35.6 Å². The van der Waals surface area contributed by atoms with Gasteiger partial charge in [-0.15, -0.1) is 0 Å². The molecule has 1 rings (SSSR count). The van der Waals surface area contributed by atoms with Gasteiger partial charge in [-0.2, -0.15) is 18.2 Å². The third-order valence-corrected chi connectivity index (χ3v) is 3.71.